The number of amides is 1. The summed E-state index contributed by atoms with van der Waals surface area (Å²) in [6, 6.07) is 10.5. The van der Waals surface area contributed by atoms with E-state index in [1.807, 2.05) is 6.07 Å². The van der Waals surface area contributed by atoms with Gasteiger partial charge < -0.3 is 5.32 Å². The first-order valence-electron chi connectivity index (χ1n) is 7.19. The molecule has 1 aliphatic heterocycles. The summed E-state index contributed by atoms with van der Waals surface area (Å²) in [4.78, 5) is 14.4. The Morgan fingerprint density at radius 3 is 2.79 bits per heavy atom. The van der Waals surface area contributed by atoms with Crippen LogP contribution < -0.4 is 5.32 Å². The van der Waals surface area contributed by atoms with Gasteiger partial charge in [-0.05, 0) is 24.4 Å². The number of nitrogens with one attached hydrogen (secondary N) is 1. The van der Waals surface area contributed by atoms with Crippen molar-refractivity contribution in [1.82, 2.24) is 10.2 Å². The lowest BCUT2D eigenvalue weighted by Gasteiger charge is -2.16. The molecular weight excluding hydrogens is 236 g/mol. The lowest BCUT2D eigenvalue weighted by Crippen LogP contribution is -2.34. The third-order valence-electron chi connectivity index (χ3n) is 3.58. The summed E-state index contributed by atoms with van der Waals surface area (Å²) in [6.07, 6.45) is 0.983. The predicted octanol–water partition coefficient (Wildman–Crippen LogP) is 2.28. The van der Waals surface area contributed by atoms with Gasteiger partial charge in [0.2, 0.25) is 5.91 Å². The highest BCUT2D eigenvalue weighted by molar-refractivity contribution is 5.79. The summed E-state index contributed by atoms with van der Waals surface area (Å²) in [5, 5.41) is 3.04. The maximum atomic E-state index is 12.0. The van der Waals surface area contributed by atoms with Gasteiger partial charge in [-0.3, -0.25) is 9.69 Å². The highest BCUT2D eigenvalue weighted by Gasteiger charge is 2.27. The van der Waals surface area contributed by atoms with Crippen molar-refractivity contribution in [1.29, 1.82) is 0 Å². The number of rotatable bonds is 5. The molecule has 1 unspecified atom stereocenters. The van der Waals surface area contributed by atoms with Crippen molar-refractivity contribution in [2.45, 2.75) is 26.8 Å². The van der Waals surface area contributed by atoms with Gasteiger partial charge in [-0.15, -0.1) is 0 Å². The van der Waals surface area contributed by atoms with E-state index in [4.69, 9.17) is 0 Å². The number of benzene rings is 1. The van der Waals surface area contributed by atoms with E-state index in [0.29, 0.717) is 5.92 Å². The molecule has 2 rings (SSSR count). The van der Waals surface area contributed by atoms with Crippen molar-refractivity contribution in [3.63, 3.8) is 0 Å². The fourth-order valence-corrected chi connectivity index (χ4v) is 2.48. The van der Waals surface area contributed by atoms with Crippen LogP contribution in [0.25, 0.3) is 0 Å². The maximum Gasteiger partial charge on any atom is 0.224 e. The molecule has 1 heterocycles. The molecule has 1 aromatic carbocycles. The third-order valence-corrected chi connectivity index (χ3v) is 3.58. The molecule has 1 saturated heterocycles. The molecule has 104 valence electrons. The number of hydrogen-bond acceptors (Lipinski definition) is 2. The van der Waals surface area contributed by atoms with E-state index in [9.17, 15) is 4.79 Å². The number of carbonyl (C=O) groups is 1. The molecule has 1 fully saturated rings. The SMILES string of the molecule is CC(C)CNC(=O)C1CCN(Cc2ccccc2)C1. The lowest BCUT2D eigenvalue weighted by atomic mass is 10.1. The Balaban J connectivity index is 1.78. The van der Waals surface area contributed by atoms with E-state index < -0.39 is 0 Å². The van der Waals surface area contributed by atoms with Crippen LogP contribution in [0.15, 0.2) is 30.3 Å². The fraction of sp³-hybridized carbons (Fsp3) is 0.562. The van der Waals surface area contributed by atoms with Gasteiger partial charge in [0, 0.05) is 19.6 Å². The molecule has 1 atom stereocenters. The molecule has 3 nitrogen and oxygen atoms in total. The molecular formula is C16H24N2O. The topological polar surface area (TPSA) is 32.3 Å². The molecule has 3 heteroatoms. The van der Waals surface area contributed by atoms with Crippen LogP contribution in [0, 0.1) is 11.8 Å². The van der Waals surface area contributed by atoms with Crippen LogP contribution in [0.3, 0.4) is 0 Å². The normalized spacial score (nSPS) is 19.8. The average molecular weight is 260 g/mol. The van der Waals surface area contributed by atoms with E-state index >= 15 is 0 Å². The molecule has 0 aliphatic carbocycles. The van der Waals surface area contributed by atoms with Gasteiger partial charge in [0.15, 0.2) is 0 Å². The zero-order chi connectivity index (χ0) is 13.7. The Hall–Kier alpha value is -1.35. The maximum absolute atomic E-state index is 12.0. The molecule has 0 saturated carbocycles. The summed E-state index contributed by atoms with van der Waals surface area (Å²) >= 11 is 0. The Kier molecular flexibility index (Phi) is 4.97. The van der Waals surface area contributed by atoms with Crippen molar-refractivity contribution in [3.8, 4) is 0 Å². The second kappa shape index (κ2) is 6.71. The van der Waals surface area contributed by atoms with Crippen LogP contribution in [0.1, 0.15) is 25.8 Å². The molecule has 1 amide bonds. The Labute approximate surface area is 116 Å². The van der Waals surface area contributed by atoms with Gasteiger partial charge in [-0.25, -0.2) is 0 Å². The van der Waals surface area contributed by atoms with Crippen molar-refractivity contribution in [3.05, 3.63) is 35.9 Å². The first-order valence-corrected chi connectivity index (χ1v) is 7.19. The Morgan fingerprint density at radius 2 is 2.11 bits per heavy atom. The number of likely N-dealkylation sites (tertiary alicyclic amines) is 1. The Morgan fingerprint density at radius 1 is 1.37 bits per heavy atom. The average Bonchev–Trinajstić information content (AvgIpc) is 2.85. The highest BCUT2D eigenvalue weighted by Crippen LogP contribution is 2.18. The van der Waals surface area contributed by atoms with Crippen LogP contribution >= 0.6 is 0 Å². The predicted molar refractivity (Wildman–Crippen MR) is 77.7 cm³/mol. The van der Waals surface area contributed by atoms with Crippen LogP contribution in [0.4, 0.5) is 0 Å². The van der Waals surface area contributed by atoms with Gasteiger partial charge in [0.25, 0.3) is 0 Å². The zero-order valence-corrected chi connectivity index (χ0v) is 11.9. The molecule has 1 aromatic rings. The summed E-state index contributed by atoms with van der Waals surface area (Å²) in [5.74, 6) is 0.914. The van der Waals surface area contributed by atoms with E-state index in [0.717, 1.165) is 32.6 Å². The fourth-order valence-electron chi connectivity index (χ4n) is 2.48. The second-order valence-corrected chi connectivity index (χ2v) is 5.85. The first kappa shape index (κ1) is 14.1. The monoisotopic (exact) mass is 260 g/mol. The van der Waals surface area contributed by atoms with E-state index in [-0.39, 0.29) is 11.8 Å². The van der Waals surface area contributed by atoms with Crippen LogP contribution in [0.5, 0.6) is 0 Å². The molecule has 0 aromatic heterocycles. The summed E-state index contributed by atoms with van der Waals surface area (Å²) in [7, 11) is 0. The van der Waals surface area contributed by atoms with Crippen molar-refractivity contribution < 1.29 is 4.79 Å². The second-order valence-electron chi connectivity index (χ2n) is 5.85. The van der Waals surface area contributed by atoms with Gasteiger partial charge in [0.05, 0.1) is 5.92 Å². The van der Waals surface area contributed by atoms with Gasteiger partial charge >= 0.3 is 0 Å². The van der Waals surface area contributed by atoms with Gasteiger partial charge in [0.1, 0.15) is 0 Å². The standard InChI is InChI=1S/C16H24N2O/c1-13(2)10-17-16(19)15-8-9-18(12-15)11-14-6-4-3-5-7-14/h3-7,13,15H,8-12H2,1-2H3,(H,17,19). The van der Waals surface area contributed by atoms with Gasteiger partial charge in [-0.1, -0.05) is 44.2 Å². The minimum atomic E-state index is 0.169. The number of carbonyl (C=O) groups excluding carboxylic acids is 1. The van der Waals surface area contributed by atoms with Crippen molar-refractivity contribution >= 4 is 5.91 Å². The van der Waals surface area contributed by atoms with Crippen LogP contribution in [0.2, 0.25) is 0 Å². The van der Waals surface area contributed by atoms with Gasteiger partial charge in [-0.2, -0.15) is 0 Å². The summed E-state index contributed by atoms with van der Waals surface area (Å²) in [6.45, 7) is 7.89. The smallest absolute Gasteiger partial charge is 0.224 e. The van der Waals surface area contributed by atoms with E-state index in [1.165, 1.54) is 5.56 Å². The molecule has 0 radical (unpaired) electrons. The van der Waals surface area contributed by atoms with Crippen molar-refractivity contribution in [2.75, 3.05) is 19.6 Å². The minimum Gasteiger partial charge on any atom is -0.356 e. The lowest BCUT2D eigenvalue weighted by molar-refractivity contribution is -0.124. The third kappa shape index (κ3) is 4.35. The largest absolute Gasteiger partial charge is 0.356 e. The quantitative estimate of drug-likeness (QED) is 0.881. The summed E-state index contributed by atoms with van der Waals surface area (Å²) in [5.41, 5.74) is 1.32. The number of nitrogens with zero attached hydrogens (tertiary/aromatic N) is 1. The molecule has 0 bridgehead atoms. The Bertz CT molecular complexity index is 402. The molecule has 0 spiro atoms. The van der Waals surface area contributed by atoms with E-state index in [2.05, 4.69) is 48.3 Å². The molecule has 1 N–H and O–H groups in total. The summed E-state index contributed by atoms with van der Waals surface area (Å²) < 4.78 is 0. The minimum absolute atomic E-state index is 0.169. The zero-order valence-electron chi connectivity index (χ0n) is 11.9. The molecule has 19 heavy (non-hydrogen) atoms. The number of hydrogen-bond donors (Lipinski definition) is 1. The molecule has 1 aliphatic rings. The highest BCUT2D eigenvalue weighted by atomic mass is 16.1. The van der Waals surface area contributed by atoms with E-state index in [1.54, 1.807) is 0 Å². The van der Waals surface area contributed by atoms with Crippen molar-refractivity contribution in [2.24, 2.45) is 11.8 Å². The first-order chi connectivity index (χ1) is 9.15. The van der Waals surface area contributed by atoms with Crippen LogP contribution in [-0.4, -0.2) is 30.4 Å². The van der Waals surface area contributed by atoms with Crippen LogP contribution in [-0.2, 0) is 11.3 Å².